The van der Waals surface area contributed by atoms with E-state index in [1.54, 1.807) is 0 Å². The fourth-order valence-electron chi connectivity index (χ4n) is 2.55. The molecule has 1 aromatic heterocycles. The average molecular weight is 279 g/mol. The standard InChI is InChI=1S/C15H25N3O2/c1-11-7-13(8-11)18-10-16-9-12(18)5-6-17-14(19)20-15(2,3)4/h9-11,13H,5-8H2,1-4H3,(H,17,19). The molecule has 2 rings (SSSR count). The number of alkyl carbamates (subject to hydrolysis) is 1. The van der Waals surface area contributed by atoms with E-state index in [1.165, 1.54) is 18.5 Å². The minimum Gasteiger partial charge on any atom is -0.444 e. The summed E-state index contributed by atoms with van der Waals surface area (Å²) in [7, 11) is 0. The number of aromatic nitrogens is 2. The second-order valence-electron chi connectivity index (χ2n) is 6.70. The van der Waals surface area contributed by atoms with Crippen LogP contribution in [0, 0.1) is 5.92 Å². The van der Waals surface area contributed by atoms with Crippen LogP contribution in [0.2, 0.25) is 0 Å². The van der Waals surface area contributed by atoms with Gasteiger partial charge in [0, 0.05) is 30.9 Å². The summed E-state index contributed by atoms with van der Waals surface area (Å²) in [6.07, 6.45) is 6.66. The molecule has 20 heavy (non-hydrogen) atoms. The Morgan fingerprint density at radius 1 is 1.50 bits per heavy atom. The maximum atomic E-state index is 11.6. The topological polar surface area (TPSA) is 56.2 Å². The predicted octanol–water partition coefficient (Wildman–Crippen LogP) is 2.92. The Hall–Kier alpha value is -1.52. The van der Waals surface area contributed by atoms with Crippen molar-refractivity contribution in [2.24, 2.45) is 5.92 Å². The van der Waals surface area contributed by atoms with E-state index in [4.69, 9.17) is 4.74 Å². The van der Waals surface area contributed by atoms with Gasteiger partial charge in [-0.25, -0.2) is 9.78 Å². The lowest BCUT2D eigenvalue weighted by Gasteiger charge is -2.34. The van der Waals surface area contributed by atoms with Crippen LogP contribution < -0.4 is 5.32 Å². The van der Waals surface area contributed by atoms with Gasteiger partial charge in [0.25, 0.3) is 0 Å². The van der Waals surface area contributed by atoms with Crippen molar-refractivity contribution in [3.8, 4) is 0 Å². The molecule has 0 atom stereocenters. The molecule has 0 spiro atoms. The zero-order valence-corrected chi connectivity index (χ0v) is 12.8. The Morgan fingerprint density at radius 3 is 2.80 bits per heavy atom. The molecule has 1 fully saturated rings. The summed E-state index contributed by atoms with van der Waals surface area (Å²) in [4.78, 5) is 15.8. The first kappa shape index (κ1) is 14.9. The molecule has 1 N–H and O–H groups in total. The molecule has 0 saturated heterocycles. The lowest BCUT2D eigenvalue weighted by atomic mass is 9.81. The molecule has 1 aliphatic rings. The van der Waals surface area contributed by atoms with Crippen LogP contribution >= 0.6 is 0 Å². The maximum Gasteiger partial charge on any atom is 0.407 e. The molecule has 1 heterocycles. The second-order valence-corrected chi connectivity index (χ2v) is 6.70. The van der Waals surface area contributed by atoms with Gasteiger partial charge in [-0.15, -0.1) is 0 Å². The van der Waals surface area contributed by atoms with Crippen LogP contribution in [0.1, 0.15) is 52.3 Å². The zero-order chi connectivity index (χ0) is 14.8. The molecule has 1 aliphatic carbocycles. The second kappa shape index (κ2) is 5.85. The van der Waals surface area contributed by atoms with Gasteiger partial charge in [-0.05, 0) is 39.5 Å². The Bertz CT molecular complexity index is 456. The SMILES string of the molecule is CC1CC(n2cncc2CCNC(=O)OC(C)(C)C)C1. The number of hydrogen-bond acceptors (Lipinski definition) is 3. The number of amides is 1. The fraction of sp³-hybridized carbons (Fsp3) is 0.733. The maximum absolute atomic E-state index is 11.6. The van der Waals surface area contributed by atoms with Crippen LogP contribution in [-0.4, -0.2) is 27.8 Å². The van der Waals surface area contributed by atoms with Crippen molar-refractivity contribution in [3.63, 3.8) is 0 Å². The summed E-state index contributed by atoms with van der Waals surface area (Å²) < 4.78 is 7.46. The van der Waals surface area contributed by atoms with E-state index in [0.717, 1.165) is 12.3 Å². The normalized spacial score (nSPS) is 22.2. The highest BCUT2D eigenvalue weighted by molar-refractivity contribution is 5.67. The van der Waals surface area contributed by atoms with E-state index >= 15 is 0 Å². The number of carbonyl (C=O) groups is 1. The van der Waals surface area contributed by atoms with Crippen LogP contribution in [-0.2, 0) is 11.2 Å². The van der Waals surface area contributed by atoms with Crippen molar-refractivity contribution >= 4 is 6.09 Å². The smallest absolute Gasteiger partial charge is 0.407 e. The van der Waals surface area contributed by atoms with Crippen molar-refractivity contribution in [2.75, 3.05) is 6.54 Å². The van der Waals surface area contributed by atoms with Gasteiger partial charge in [-0.1, -0.05) is 6.92 Å². The first-order chi connectivity index (χ1) is 9.35. The third-order valence-electron chi connectivity index (χ3n) is 3.54. The number of rotatable bonds is 4. The van der Waals surface area contributed by atoms with Gasteiger partial charge in [0.1, 0.15) is 5.60 Å². The van der Waals surface area contributed by atoms with Crippen molar-refractivity contribution in [1.29, 1.82) is 0 Å². The minimum atomic E-state index is -0.450. The Labute approximate surface area is 120 Å². The minimum absolute atomic E-state index is 0.360. The Kier molecular flexibility index (Phi) is 4.35. The van der Waals surface area contributed by atoms with E-state index in [2.05, 4.69) is 21.8 Å². The monoisotopic (exact) mass is 279 g/mol. The van der Waals surface area contributed by atoms with Crippen LogP contribution in [0.25, 0.3) is 0 Å². The van der Waals surface area contributed by atoms with E-state index in [0.29, 0.717) is 12.6 Å². The number of imidazole rings is 1. The van der Waals surface area contributed by atoms with Crippen molar-refractivity contribution in [2.45, 2.75) is 58.6 Å². The Morgan fingerprint density at radius 2 is 2.20 bits per heavy atom. The predicted molar refractivity (Wildman–Crippen MR) is 77.6 cm³/mol. The van der Waals surface area contributed by atoms with Crippen LogP contribution in [0.15, 0.2) is 12.5 Å². The van der Waals surface area contributed by atoms with E-state index in [9.17, 15) is 4.79 Å². The molecule has 1 amide bonds. The molecule has 0 aliphatic heterocycles. The van der Waals surface area contributed by atoms with Gasteiger partial charge in [-0.2, -0.15) is 0 Å². The summed E-state index contributed by atoms with van der Waals surface area (Å²) in [6, 6.07) is 0.587. The number of hydrogen-bond donors (Lipinski definition) is 1. The van der Waals surface area contributed by atoms with Crippen LogP contribution in [0.5, 0.6) is 0 Å². The lowest BCUT2D eigenvalue weighted by molar-refractivity contribution is 0.0528. The first-order valence-corrected chi connectivity index (χ1v) is 7.32. The van der Waals surface area contributed by atoms with Gasteiger partial charge in [0.15, 0.2) is 0 Å². The van der Waals surface area contributed by atoms with Crippen LogP contribution in [0.4, 0.5) is 4.79 Å². The highest BCUT2D eigenvalue weighted by Crippen LogP contribution is 2.37. The number of nitrogens with one attached hydrogen (secondary N) is 1. The summed E-state index contributed by atoms with van der Waals surface area (Å²) in [5.74, 6) is 0.815. The first-order valence-electron chi connectivity index (χ1n) is 7.32. The molecule has 1 saturated carbocycles. The molecule has 0 bridgehead atoms. The molecule has 0 radical (unpaired) electrons. The molecule has 0 unspecified atom stereocenters. The van der Waals surface area contributed by atoms with Gasteiger partial charge in [0.2, 0.25) is 0 Å². The summed E-state index contributed by atoms with van der Waals surface area (Å²) >= 11 is 0. The number of ether oxygens (including phenoxy) is 1. The third-order valence-corrected chi connectivity index (χ3v) is 3.54. The molecule has 1 aromatic rings. The van der Waals surface area contributed by atoms with Crippen LogP contribution in [0.3, 0.4) is 0 Å². The highest BCUT2D eigenvalue weighted by Gasteiger charge is 2.27. The van der Waals surface area contributed by atoms with Crippen molar-refractivity contribution in [3.05, 3.63) is 18.2 Å². The van der Waals surface area contributed by atoms with Gasteiger partial charge >= 0.3 is 6.09 Å². The van der Waals surface area contributed by atoms with Gasteiger partial charge in [0.05, 0.1) is 6.33 Å². The average Bonchev–Trinajstić information content (AvgIpc) is 2.70. The number of carbonyl (C=O) groups excluding carboxylic acids is 1. The van der Waals surface area contributed by atoms with Crippen molar-refractivity contribution in [1.82, 2.24) is 14.9 Å². The van der Waals surface area contributed by atoms with E-state index in [-0.39, 0.29) is 6.09 Å². The quantitative estimate of drug-likeness (QED) is 0.922. The molecular weight excluding hydrogens is 254 g/mol. The number of nitrogens with zero attached hydrogens (tertiary/aromatic N) is 2. The lowest BCUT2D eigenvalue weighted by Crippen LogP contribution is -2.34. The van der Waals surface area contributed by atoms with Gasteiger partial charge in [-0.3, -0.25) is 0 Å². The summed E-state index contributed by atoms with van der Waals surface area (Å²) in [6.45, 7) is 8.43. The zero-order valence-electron chi connectivity index (χ0n) is 12.8. The molecule has 112 valence electrons. The summed E-state index contributed by atoms with van der Waals surface area (Å²) in [5, 5.41) is 2.79. The van der Waals surface area contributed by atoms with Crippen molar-refractivity contribution < 1.29 is 9.53 Å². The summed E-state index contributed by atoms with van der Waals surface area (Å²) in [5.41, 5.74) is 0.728. The molecular formula is C15H25N3O2. The molecule has 5 heteroatoms. The third kappa shape index (κ3) is 3.99. The molecule has 5 nitrogen and oxygen atoms in total. The highest BCUT2D eigenvalue weighted by atomic mass is 16.6. The van der Waals surface area contributed by atoms with E-state index in [1.807, 2.05) is 33.3 Å². The van der Waals surface area contributed by atoms with Gasteiger partial charge < -0.3 is 14.6 Å². The Balaban J connectivity index is 1.77. The molecule has 0 aromatic carbocycles. The largest absolute Gasteiger partial charge is 0.444 e. The van der Waals surface area contributed by atoms with E-state index < -0.39 is 5.60 Å². The fourth-order valence-corrected chi connectivity index (χ4v) is 2.55.